The Morgan fingerprint density at radius 3 is 2.52 bits per heavy atom. The number of nitrogens with zero attached hydrogens (tertiary/aromatic N) is 4. The average molecular weight is 468 g/mol. The monoisotopic (exact) mass is 467 g/mol. The molecule has 2 heterocycles. The number of sulfonamides is 1. The van der Waals surface area contributed by atoms with E-state index in [0.717, 1.165) is 22.3 Å². The molecule has 4 rings (SSSR count). The Morgan fingerprint density at radius 1 is 1.03 bits per heavy atom. The van der Waals surface area contributed by atoms with Crippen LogP contribution in [0.4, 0.5) is 23.1 Å². The molecule has 33 heavy (non-hydrogen) atoms. The van der Waals surface area contributed by atoms with Gasteiger partial charge < -0.3 is 10.2 Å². The lowest BCUT2D eigenvalue weighted by Crippen LogP contribution is -2.19. The summed E-state index contributed by atoms with van der Waals surface area (Å²) in [6, 6.07) is 12.9. The number of aromatic amines is 1. The number of anilines is 4. The molecule has 0 saturated carbocycles. The van der Waals surface area contributed by atoms with Crippen LogP contribution in [-0.2, 0) is 10.0 Å². The summed E-state index contributed by atoms with van der Waals surface area (Å²) in [5.74, 6) is 1.04. The number of hydrogen-bond acceptors (Lipinski definition) is 7. The molecule has 2 aromatic carbocycles. The fourth-order valence-corrected chi connectivity index (χ4v) is 4.27. The predicted molar refractivity (Wildman–Crippen MR) is 133 cm³/mol. The van der Waals surface area contributed by atoms with Crippen molar-refractivity contribution < 1.29 is 8.42 Å². The van der Waals surface area contributed by atoms with Gasteiger partial charge in [-0.3, -0.25) is 5.10 Å². The summed E-state index contributed by atoms with van der Waals surface area (Å²) in [6.07, 6.45) is 1.65. The van der Waals surface area contributed by atoms with Crippen molar-refractivity contribution in [3.63, 3.8) is 0 Å². The van der Waals surface area contributed by atoms with E-state index in [1.165, 1.54) is 7.05 Å². The molecule has 0 aliphatic rings. The summed E-state index contributed by atoms with van der Waals surface area (Å²) in [7, 11) is -0.264. The van der Waals surface area contributed by atoms with Gasteiger partial charge in [-0.1, -0.05) is 19.9 Å². The maximum Gasteiger partial charge on any atom is 0.240 e. The maximum atomic E-state index is 12.2. The van der Waals surface area contributed by atoms with Gasteiger partial charge in [0.1, 0.15) is 5.82 Å². The number of rotatable bonds is 6. The molecule has 0 atom stereocenters. The zero-order valence-electron chi connectivity index (χ0n) is 19.6. The number of aryl methyl sites for hydroxylation is 2. The van der Waals surface area contributed by atoms with Crippen molar-refractivity contribution in [3.8, 4) is 0 Å². The minimum absolute atomic E-state index is 0.205. The van der Waals surface area contributed by atoms with E-state index in [4.69, 9.17) is 0 Å². The smallest absolute Gasteiger partial charge is 0.240 e. The van der Waals surface area contributed by atoms with E-state index in [0.29, 0.717) is 23.0 Å². The first-order chi connectivity index (χ1) is 15.8. The molecule has 0 bridgehead atoms. The topological polar surface area (TPSA) is 116 Å². The summed E-state index contributed by atoms with van der Waals surface area (Å²) in [5.41, 5.74) is 4.06. The SMILES string of the molecule is CC.CNS(=O)(=O)c1cc(Nc2nccc(N(C)c3ccc4c(C)[nH]nc4c3)n2)ccc1C. The Labute approximate surface area is 194 Å². The fourth-order valence-electron chi connectivity index (χ4n) is 3.28. The number of nitrogens with one attached hydrogen (secondary N) is 3. The highest BCUT2D eigenvalue weighted by Crippen LogP contribution is 2.27. The average Bonchev–Trinajstić information content (AvgIpc) is 3.21. The minimum Gasteiger partial charge on any atom is -0.329 e. The molecule has 0 aliphatic carbocycles. The van der Waals surface area contributed by atoms with E-state index in [1.807, 2.05) is 50.9 Å². The summed E-state index contributed by atoms with van der Waals surface area (Å²) < 4.78 is 26.8. The van der Waals surface area contributed by atoms with Gasteiger partial charge in [-0.05, 0) is 62.9 Å². The van der Waals surface area contributed by atoms with Crippen LogP contribution in [0, 0.1) is 13.8 Å². The molecule has 4 aromatic rings. The van der Waals surface area contributed by atoms with Crippen molar-refractivity contribution >= 4 is 44.1 Å². The molecule has 0 unspecified atom stereocenters. The van der Waals surface area contributed by atoms with Crippen LogP contribution in [0.25, 0.3) is 10.9 Å². The van der Waals surface area contributed by atoms with E-state index in [-0.39, 0.29) is 4.90 Å². The molecule has 0 radical (unpaired) electrons. The number of H-pyrrole nitrogens is 1. The first-order valence-electron chi connectivity index (χ1n) is 10.6. The van der Waals surface area contributed by atoms with E-state index in [2.05, 4.69) is 30.2 Å². The van der Waals surface area contributed by atoms with Crippen LogP contribution in [0.3, 0.4) is 0 Å². The summed E-state index contributed by atoms with van der Waals surface area (Å²) in [5, 5.41) is 11.5. The molecule has 0 spiro atoms. The maximum absolute atomic E-state index is 12.2. The van der Waals surface area contributed by atoms with Gasteiger partial charge in [0, 0.05) is 35.7 Å². The number of benzene rings is 2. The highest BCUT2D eigenvalue weighted by Gasteiger charge is 2.16. The second kappa shape index (κ2) is 9.97. The summed E-state index contributed by atoms with van der Waals surface area (Å²) >= 11 is 0. The van der Waals surface area contributed by atoms with Crippen molar-refractivity contribution in [3.05, 3.63) is 59.9 Å². The highest BCUT2D eigenvalue weighted by molar-refractivity contribution is 7.89. The third kappa shape index (κ3) is 5.12. The van der Waals surface area contributed by atoms with Gasteiger partial charge in [0.2, 0.25) is 16.0 Å². The molecule has 0 fully saturated rings. The second-order valence-electron chi connectivity index (χ2n) is 7.16. The van der Waals surface area contributed by atoms with E-state index in [9.17, 15) is 8.42 Å². The van der Waals surface area contributed by atoms with Crippen LogP contribution in [0.5, 0.6) is 0 Å². The lowest BCUT2D eigenvalue weighted by atomic mass is 10.2. The van der Waals surface area contributed by atoms with Crippen LogP contribution in [0.2, 0.25) is 0 Å². The second-order valence-corrected chi connectivity index (χ2v) is 9.02. The number of hydrogen-bond donors (Lipinski definition) is 3. The largest absolute Gasteiger partial charge is 0.329 e. The molecule has 10 heteroatoms. The van der Waals surface area contributed by atoms with Gasteiger partial charge in [0.25, 0.3) is 0 Å². The minimum atomic E-state index is -3.57. The lowest BCUT2D eigenvalue weighted by Gasteiger charge is -2.19. The number of fused-ring (bicyclic) bond motifs is 1. The number of aromatic nitrogens is 4. The van der Waals surface area contributed by atoms with Crippen LogP contribution in [0.15, 0.2) is 53.6 Å². The highest BCUT2D eigenvalue weighted by atomic mass is 32.2. The Balaban J connectivity index is 0.00000149. The zero-order chi connectivity index (χ0) is 24.2. The predicted octanol–water partition coefficient (Wildman–Crippen LogP) is 4.42. The standard InChI is InChI=1S/C21H23N7O2S.C2H6/c1-13-5-6-15(11-19(13)31(29,30)22-3)24-21-23-10-9-20(25-21)28(4)16-7-8-17-14(2)26-27-18(17)12-16;1-2/h5-12,22H,1-4H3,(H,26,27)(H,23,24,25);1-2H3. The fraction of sp³-hybridized carbons (Fsp3) is 0.261. The van der Waals surface area contributed by atoms with Gasteiger partial charge in [0.05, 0.1) is 10.4 Å². The van der Waals surface area contributed by atoms with Crippen molar-refractivity contribution in [1.82, 2.24) is 24.9 Å². The van der Waals surface area contributed by atoms with Gasteiger partial charge >= 0.3 is 0 Å². The first kappa shape index (κ1) is 24.1. The third-order valence-corrected chi connectivity index (χ3v) is 6.66. The van der Waals surface area contributed by atoms with E-state index < -0.39 is 10.0 Å². The van der Waals surface area contributed by atoms with E-state index >= 15 is 0 Å². The summed E-state index contributed by atoms with van der Waals surface area (Å²) in [4.78, 5) is 11.0. The Kier molecular flexibility index (Phi) is 7.29. The van der Waals surface area contributed by atoms with Gasteiger partial charge in [0.15, 0.2) is 0 Å². The van der Waals surface area contributed by atoms with Crippen molar-refractivity contribution in [2.45, 2.75) is 32.6 Å². The Bertz CT molecular complexity index is 1370. The molecule has 9 nitrogen and oxygen atoms in total. The third-order valence-electron chi connectivity index (χ3n) is 5.10. The van der Waals surface area contributed by atoms with Gasteiger partial charge in [-0.25, -0.2) is 18.1 Å². The molecule has 174 valence electrons. The Morgan fingerprint density at radius 2 is 1.79 bits per heavy atom. The van der Waals surface area contributed by atoms with Crippen LogP contribution in [0.1, 0.15) is 25.1 Å². The van der Waals surface area contributed by atoms with E-state index in [1.54, 1.807) is 37.4 Å². The van der Waals surface area contributed by atoms with Gasteiger partial charge in [-0.2, -0.15) is 10.1 Å². The lowest BCUT2D eigenvalue weighted by molar-refractivity contribution is 0.587. The molecular formula is C23H29N7O2S. The molecular weight excluding hydrogens is 438 g/mol. The zero-order valence-corrected chi connectivity index (χ0v) is 20.4. The summed E-state index contributed by atoms with van der Waals surface area (Å²) in [6.45, 7) is 7.73. The normalized spacial score (nSPS) is 11.1. The van der Waals surface area contributed by atoms with Crippen molar-refractivity contribution in [2.75, 3.05) is 24.3 Å². The van der Waals surface area contributed by atoms with Crippen molar-refractivity contribution in [2.24, 2.45) is 0 Å². The quantitative estimate of drug-likeness (QED) is 0.384. The van der Waals surface area contributed by atoms with Crippen LogP contribution in [-0.4, -0.2) is 42.7 Å². The first-order valence-corrected chi connectivity index (χ1v) is 12.1. The molecule has 2 aromatic heterocycles. The van der Waals surface area contributed by atoms with Crippen LogP contribution >= 0.6 is 0 Å². The van der Waals surface area contributed by atoms with Gasteiger partial charge in [-0.15, -0.1) is 0 Å². The molecule has 0 saturated heterocycles. The van der Waals surface area contributed by atoms with Crippen LogP contribution < -0.4 is 14.9 Å². The molecule has 0 aliphatic heterocycles. The van der Waals surface area contributed by atoms with Crippen molar-refractivity contribution in [1.29, 1.82) is 0 Å². The Hall–Kier alpha value is -3.50. The molecule has 3 N–H and O–H groups in total. The molecule has 0 amide bonds.